The molecule has 2 aliphatic carbocycles. The molecule has 0 saturated heterocycles. The fourth-order valence-electron chi connectivity index (χ4n) is 2.57. The Balaban J connectivity index is 1.94. The zero-order chi connectivity index (χ0) is 11.3. The van der Waals surface area contributed by atoms with Crippen molar-refractivity contribution in [3.8, 4) is 6.07 Å². The van der Waals surface area contributed by atoms with Gasteiger partial charge in [0.25, 0.3) is 0 Å². The summed E-state index contributed by atoms with van der Waals surface area (Å²) < 4.78 is 13.8. The number of hydrogen-bond donors (Lipinski definition) is 0. The van der Waals surface area contributed by atoms with Crippen LogP contribution in [0.3, 0.4) is 0 Å². The van der Waals surface area contributed by atoms with Crippen LogP contribution < -0.4 is 0 Å². The van der Waals surface area contributed by atoms with E-state index in [4.69, 9.17) is 5.26 Å². The first-order valence-electron chi connectivity index (χ1n) is 5.33. The molecule has 0 heterocycles. The van der Waals surface area contributed by atoms with Crippen LogP contribution in [0.15, 0.2) is 41.5 Å². The van der Waals surface area contributed by atoms with E-state index in [9.17, 15) is 4.39 Å². The first-order chi connectivity index (χ1) is 7.72. The van der Waals surface area contributed by atoms with Gasteiger partial charge in [-0.1, -0.05) is 23.8 Å². The third kappa shape index (κ3) is 1.15. The topological polar surface area (TPSA) is 23.8 Å². The summed E-state index contributed by atoms with van der Waals surface area (Å²) in [7, 11) is 0. The zero-order valence-corrected chi connectivity index (χ0v) is 8.76. The highest BCUT2D eigenvalue weighted by atomic mass is 19.1. The van der Waals surface area contributed by atoms with E-state index in [-0.39, 0.29) is 11.7 Å². The van der Waals surface area contributed by atoms with Gasteiger partial charge >= 0.3 is 0 Å². The summed E-state index contributed by atoms with van der Waals surface area (Å²) in [5, 5.41) is 8.67. The second-order valence-corrected chi connectivity index (χ2v) is 4.32. The van der Waals surface area contributed by atoms with Crippen molar-refractivity contribution in [1.29, 1.82) is 5.26 Å². The number of nitrogens with zero attached hydrogens (tertiary/aromatic N) is 1. The first-order valence-corrected chi connectivity index (χ1v) is 5.33. The lowest BCUT2D eigenvalue weighted by Crippen LogP contribution is -1.95. The average molecular weight is 211 g/mol. The van der Waals surface area contributed by atoms with Crippen molar-refractivity contribution in [1.82, 2.24) is 0 Å². The molecule has 1 aromatic carbocycles. The minimum absolute atomic E-state index is 0.161. The molecule has 3 rings (SSSR count). The summed E-state index contributed by atoms with van der Waals surface area (Å²) in [6.45, 7) is 3.98. The Morgan fingerprint density at radius 2 is 2.19 bits per heavy atom. The van der Waals surface area contributed by atoms with Gasteiger partial charge in [-0.05, 0) is 36.1 Å². The molecule has 0 radical (unpaired) electrons. The van der Waals surface area contributed by atoms with Crippen molar-refractivity contribution in [2.24, 2.45) is 0 Å². The van der Waals surface area contributed by atoms with E-state index >= 15 is 0 Å². The third-order valence-corrected chi connectivity index (χ3v) is 3.42. The molecule has 2 heteroatoms. The van der Waals surface area contributed by atoms with Gasteiger partial charge in [-0.2, -0.15) is 5.26 Å². The molecule has 16 heavy (non-hydrogen) atoms. The Morgan fingerprint density at radius 1 is 1.38 bits per heavy atom. The summed E-state index contributed by atoms with van der Waals surface area (Å²) >= 11 is 0. The normalized spacial score (nSPS) is 22.0. The van der Waals surface area contributed by atoms with Crippen molar-refractivity contribution in [3.05, 3.63) is 58.4 Å². The molecule has 0 spiro atoms. The van der Waals surface area contributed by atoms with Crippen LogP contribution >= 0.6 is 0 Å². The highest BCUT2D eigenvalue weighted by molar-refractivity contribution is 5.66. The quantitative estimate of drug-likeness (QED) is 0.698. The molecular formula is C14H10FN. The highest BCUT2D eigenvalue weighted by Crippen LogP contribution is 2.59. The summed E-state index contributed by atoms with van der Waals surface area (Å²) in [4.78, 5) is 0. The molecular weight excluding hydrogens is 201 g/mol. The Hall–Kier alpha value is -1.88. The van der Waals surface area contributed by atoms with Gasteiger partial charge in [-0.3, -0.25) is 0 Å². The molecule has 0 amide bonds. The maximum Gasteiger partial charge on any atom is 0.128 e. The Kier molecular flexibility index (Phi) is 1.79. The molecule has 0 N–H and O–H groups in total. The largest absolute Gasteiger partial charge is 0.207 e. The van der Waals surface area contributed by atoms with Crippen LogP contribution in [0, 0.1) is 17.1 Å². The van der Waals surface area contributed by atoms with Gasteiger partial charge in [0.05, 0.1) is 11.6 Å². The Bertz CT molecular complexity index is 575. The van der Waals surface area contributed by atoms with Crippen LogP contribution in [0.25, 0.3) is 0 Å². The van der Waals surface area contributed by atoms with Crippen LogP contribution in [0.4, 0.5) is 4.39 Å². The Morgan fingerprint density at radius 3 is 2.75 bits per heavy atom. The molecule has 1 atom stereocenters. The summed E-state index contributed by atoms with van der Waals surface area (Å²) in [5.74, 6) is -0.111. The molecule has 78 valence electrons. The zero-order valence-electron chi connectivity index (χ0n) is 8.76. The number of rotatable bonds is 1. The number of nitriles is 1. The van der Waals surface area contributed by atoms with Crippen molar-refractivity contribution < 1.29 is 4.39 Å². The van der Waals surface area contributed by atoms with E-state index < -0.39 is 0 Å². The van der Waals surface area contributed by atoms with Crippen LogP contribution in [0.5, 0.6) is 0 Å². The maximum atomic E-state index is 13.8. The summed E-state index contributed by atoms with van der Waals surface area (Å²) in [6.07, 6.45) is 2.05. The molecule has 0 aliphatic heterocycles. The average Bonchev–Trinajstić information content (AvgIpc) is 2.88. The maximum absolute atomic E-state index is 13.8. The van der Waals surface area contributed by atoms with Crippen LogP contribution in [-0.2, 0) is 0 Å². The van der Waals surface area contributed by atoms with Crippen LogP contribution in [0.2, 0.25) is 0 Å². The molecule has 1 nitrogen and oxygen atoms in total. The lowest BCUT2D eigenvalue weighted by atomic mass is 9.96. The first kappa shape index (κ1) is 9.35. The molecule has 0 aromatic heterocycles. The number of allylic oxidation sites excluding steroid dienone is 3. The minimum atomic E-state index is -0.272. The Labute approximate surface area is 93.5 Å². The molecule has 0 bridgehead atoms. The van der Waals surface area contributed by atoms with E-state index in [2.05, 4.69) is 6.58 Å². The van der Waals surface area contributed by atoms with Crippen LogP contribution in [0.1, 0.15) is 29.9 Å². The van der Waals surface area contributed by atoms with Crippen molar-refractivity contribution in [3.63, 3.8) is 0 Å². The van der Waals surface area contributed by atoms with E-state index in [0.29, 0.717) is 11.1 Å². The minimum Gasteiger partial charge on any atom is -0.207 e. The van der Waals surface area contributed by atoms with Crippen LogP contribution in [-0.4, -0.2) is 0 Å². The second-order valence-electron chi connectivity index (χ2n) is 4.32. The monoisotopic (exact) mass is 211 g/mol. The van der Waals surface area contributed by atoms with Gasteiger partial charge in [0, 0.05) is 5.92 Å². The predicted octanol–water partition coefficient (Wildman–Crippen LogP) is 3.44. The fourth-order valence-corrected chi connectivity index (χ4v) is 2.57. The van der Waals surface area contributed by atoms with Gasteiger partial charge in [-0.15, -0.1) is 0 Å². The fraction of sp³-hybridized carbons (Fsp3) is 0.214. The van der Waals surface area contributed by atoms with E-state index in [1.54, 1.807) is 12.1 Å². The third-order valence-electron chi connectivity index (χ3n) is 3.42. The molecule has 1 aromatic rings. The van der Waals surface area contributed by atoms with Crippen molar-refractivity contribution in [2.75, 3.05) is 0 Å². The molecule has 0 fully saturated rings. The molecule has 0 saturated carbocycles. The van der Waals surface area contributed by atoms with Crippen molar-refractivity contribution in [2.45, 2.75) is 18.8 Å². The van der Waals surface area contributed by atoms with Gasteiger partial charge < -0.3 is 0 Å². The number of benzene rings is 1. The van der Waals surface area contributed by atoms with Gasteiger partial charge in [0.2, 0.25) is 0 Å². The van der Waals surface area contributed by atoms with E-state index in [0.717, 1.165) is 18.4 Å². The second kappa shape index (κ2) is 3.05. The van der Waals surface area contributed by atoms with Crippen molar-refractivity contribution >= 4 is 0 Å². The van der Waals surface area contributed by atoms with Gasteiger partial charge in [0.1, 0.15) is 5.82 Å². The lowest BCUT2D eigenvalue weighted by Gasteiger charge is -2.09. The SMILES string of the molecule is C=C1CCC2=C1C2c1ccc(C#N)cc1F. The van der Waals surface area contributed by atoms with Gasteiger partial charge in [0.15, 0.2) is 0 Å². The lowest BCUT2D eigenvalue weighted by molar-refractivity contribution is 0.609. The van der Waals surface area contributed by atoms with E-state index in [1.165, 1.54) is 17.2 Å². The van der Waals surface area contributed by atoms with E-state index in [1.807, 2.05) is 6.07 Å². The predicted molar refractivity (Wildman–Crippen MR) is 59.3 cm³/mol. The molecule has 2 aliphatic rings. The smallest absolute Gasteiger partial charge is 0.128 e. The number of hydrogen-bond acceptors (Lipinski definition) is 1. The summed E-state index contributed by atoms with van der Waals surface area (Å²) in [5.41, 5.74) is 4.83. The number of halogens is 1. The standard InChI is InChI=1S/C14H10FN/c1-8-2-4-11-13(8)14(11)10-5-3-9(7-16)6-12(10)15/h3,5-6,14H,1-2,4H2. The highest BCUT2D eigenvalue weighted by Gasteiger charge is 2.43. The molecule has 1 unspecified atom stereocenters. The summed E-state index contributed by atoms with van der Waals surface area (Å²) in [6, 6.07) is 6.66. The van der Waals surface area contributed by atoms with Gasteiger partial charge in [-0.25, -0.2) is 4.39 Å².